The van der Waals surface area contributed by atoms with Crippen LogP contribution in [0.4, 0.5) is 19.3 Å². The third-order valence-corrected chi connectivity index (χ3v) is 6.66. The average molecular weight is 393 g/mol. The lowest BCUT2D eigenvalue weighted by Crippen LogP contribution is -2.41. The van der Waals surface area contributed by atoms with E-state index in [-0.39, 0.29) is 22.4 Å². The molecule has 9 heteroatoms. The molecule has 2 amide bonds. The molecule has 0 aromatic heterocycles. The van der Waals surface area contributed by atoms with Gasteiger partial charge in [-0.05, 0) is 43.9 Å². The summed E-state index contributed by atoms with van der Waals surface area (Å²) in [4.78, 5) is 12.0. The van der Waals surface area contributed by atoms with Crippen LogP contribution >= 0.6 is 11.6 Å². The Morgan fingerprint density at radius 1 is 1.28 bits per heavy atom. The van der Waals surface area contributed by atoms with Crippen LogP contribution in [0.5, 0.6) is 0 Å². The predicted octanol–water partition coefficient (Wildman–Crippen LogP) is 3.83. The zero-order valence-electron chi connectivity index (χ0n) is 13.6. The number of alkyl halides is 2. The van der Waals surface area contributed by atoms with E-state index in [0.29, 0.717) is 31.4 Å². The lowest BCUT2D eigenvalue weighted by Gasteiger charge is -2.29. The van der Waals surface area contributed by atoms with Gasteiger partial charge in [-0.3, -0.25) is 0 Å². The summed E-state index contributed by atoms with van der Waals surface area (Å²) in [6, 6.07) is 3.52. The number of hydrogen-bond donors (Lipinski definition) is 2. The molecule has 3 rings (SSSR count). The first-order valence-corrected chi connectivity index (χ1v) is 10.2. The highest BCUT2D eigenvalue weighted by Gasteiger charge is 2.70. The minimum atomic E-state index is -3.51. The fourth-order valence-electron chi connectivity index (χ4n) is 3.46. The molecule has 2 saturated carbocycles. The number of rotatable bonds is 3. The van der Waals surface area contributed by atoms with Crippen molar-refractivity contribution in [2.75, 3.05) is 11.6 Å². The molecule has 138 valence electrons. The fraction of sp³-hybridized carbons (Fsp3) is 0.562. The molecule has 5 nitrogen and oxygen atoms in total. The second-order valence-electron chi connectivity index (χ2n) is 6.95. The smallest absolute Gasteiger partial charge is 0.319 e. The maximum atomic E-state index is 13.4. The van der Waals surface area contributed by atoms with Crippen LogP contribution in [0.2, 0.25) is 5.02 Å². The number of benzene rings is 1. The molecule has 2 fully saturated rings. The van der Waals surface area contributed by atoms with Gasteiger partial charge < -0.3 is 10.6 Å². The van der Waals surface area contributed by atoms with Gasteiger partial charge in [-0.15, -0.1) is 0 Å². The number of sulfone groups is 1. The second-order valence-corrected chi connectivity index (χ2v) is 9.34. The highest BCUT2D eigenvalue weighted by Crippen LogP contribution is 2.67. The number of urea groups is 1. The number of anilines is 1. The molecule has 1 aromatic carbocycles. The van der Waals surface area contributed by atoms with E-state index in [0.717, 1.165) is 6.26 Å². The maximum absolute atomic E-state index is 13.4. The van der Waals surface area contributed by atoms with E-state index in [1.807, 2.05) is 0 Å². The zero-order chi connectivity index (χ0) is 18.5. The van der Waals surface area contributed by atoms with E-state index < -0.39 is 27.2 Å². The van der Waals surface area contributed by atoms with Crippen LogP contribution in [0, 0.1) is 5.41 Å². The van der Waals surface area contributed by atoms with Crippen molar-refractivity contribution < 1.29 is 22.0 Å². The standard InChI is InChI=1S/C16H19ClF2N2O3S/c1-25(23,24)13-8-11(2-3-12(13)17)21-14(22)20-10-4-6-15(7-5-10)9-16(15,18)19/h2-3,8,10H,4-7,9H2,1H3,(H2,20,21,22). The number of halogens is 3. The van der Waals surface area contributed by atoms with Gasteiger partial charge in [0.2, 0.25) is 0 Å². The molecule has 0 heterocycles. The summed E-state index contributed by atoms with van der Waals surface area (Å²) in [6.45, 7) is 0. The van der Waals surface area contributed by atoms with Gasteiger partial charge in [0.1, 0.15) is 0 Å². The normalized spacial score (nSPS) is 27.8. The van der Waals surface area contributed by atoms with Crippen molar-refractivity contribution in [3.63, 3.8) is 0 Å². The summed E-state index contributed by atoms with van der Waals surface area (Å²) < 4.78 is 50.0. The van der Waals surface area contributed by atoms with Crippen LogP contribution in [-0.2, 0) is 9.84 Å². The number of amides is 2. The summed E-state index contributed by atoms with van der Waals surface area (Å²) >= 11 is 5.86. The van der Waals surface area contributed by atoms with Crippen LogP contribution in [0.1, 0.15) is 32.1 Å². The Balaban J connectivity index is 1.57. The first kappa shape index (κ1) is 18.4. The largest absolute Gasteiger partial charge is 0.335 e. The molecule has 0 bridgehead atoms. The van der Waals surface area contributed by atoms with Crippen molar-refractivity contribution in [3.05, 3.63) is 23.2 Å². The van der Waals surface area contributed by atoms with Gasteiger partial charge >= 0.3 is 6.03 Å². The summed E-state index contributed by atoms with van der Waals surface area (Å²) in [5.74, 6) is -2.55. The second kappa shape index (κ2) is 6.09. The zero-order valence-corrected chi connectivity index (χ0v) is 15.2. The number of carbonyl (C=O) groups excluding carboxylic acids is 1. The predicted molar refractivity (Wildman–Crippen MR) is 91.0 cm³/mol. The first-order chi connectivity index (χ1) is 11.5. The van der Waals surface area contributed by atoms with Crippen molar-refractivity contribution in [3.8, 4) is 0 Å². The Labute approximate surface area is 150 Å². The molecule has 1 spiro atoms. The Hall–Kier alpha value is -1.41. The van der Waals surface area contributed by atoms with Crippen LogP contribution in [-0.4, -0.2) is 32.7 Å². The minimum Gasteiger partial charge on any atom is -0.335 e. The third kappa shape index (κ3) is 3.74. The third-order valence-electron chi connectivity index (χ3n) is 5.08. The van der Waals surface area contributed by atoms with Gasteiger partial charge in [-0.2, -0.15) is 0 Å². The van der Waals surface area contributed by atoms with Crippen molar-refractivity contribution in [1.82, 2.24) is 5.32 Å². The van der Waals surface area contributed by atoms with E-state index in [2.05, 4.69) is 10.6 Å². The highest BCUT2D eigenvalue weighted by atomic mass is 35.5. The Morgan fingerprint density at radius 3 is 2.40 bits per heavy atom. The molecular weight excluding hydrogens is 374 g/mol. The number of hydrogen-bond acceptors (Lipinski definition) is 3. The van der Waals surface area contributed by atoms with Crippen LogP contribution < -0.4 is 10.6 Å². The molecule has 2 N–H and O–H groups in total. The molecule has 0 aliphatic heterocycles. The Kier molecular flexibility index (Phi) is 4.48. The van der Waals surface area contributed by atoms with Gasteiger partial charge in [0.15, 0.2) is 9.84 Å². The van der Waals surface area contributed by atoms with Crippen LogP contribution in [0.15, 0.2) is 23.1 Å². The molecule has 2 aliphatic carbocycles. The molecular formula is C16H19ClF2N2O3S. The SMILES string of the molecule is CS(=O)(=O)c1cc(NC(=O)NC2CCC3(CC2)CC3(F)F)ccc1Cl. The average Bonchev–Trinajstić information content (AvgIpc) is 3.03. The molecule has 2 aliphatic rings. The monoisotopic (exact) mass is 392 g/mol. The fourth-order valence-corrected chi connectivity index (χ4v) is 4.76. The molecule has 25 heavy (non-hydrogen) atoms. The van der Waals surface area contributed by atoms with E-state index in [1.54, 1.807) is 0 Å². The summed E-state index contributed by atoms with van der Waals surface area (Å²) in [5.41, 5.74) is -0.550. The van der Waals surface area contributed by atoms with E-state index in [1.165, 1.54) is 18.2 Å². The van der Waals surface area contributed by atoms with Gasteiger partial charge in [-0.1, -0.05) is 11.6 Å². The van der Waals surface area contributed by atoms with Crippen molar-refractivity contribution in [2.24, 2.45) is 5.41 Å². The van der Waals surface area contributed by atoms with E-state index in [9.17, 15) is 22.0 Å². The quantitative estimate of drug-likeness (QED) is 0.820. The highest BCUT2D eigenvalue weighted by molar-refractivity contribution is 7.90. The molecule has 0 unspecified atom stereocenters. The summed E-state index contributed by atoms with van der Waals surface area (Å²) in [5, 5.41) is 5.40. The van der Waals surface area contributed by atoms with Crippen molar-refractivity contribution in [1.29, 1.82) is 0 Å². The van der Waals surface area contributed by atoms with E-state index in [4.69, 9.17) is 11.6 Å². The lowest BCUT2D eigenvalue weighted by molar-refractivity contribution is 0.0446. The Morgan fingerprint density at radius 2 is 1.88 bits per heavy atom. The van der Waals surface area contributed by atoms with Crippen molar-refractivity contribution >= 4 is 33.2 Å². The summed E-state index contributed by atoms with van der Waals surface area (Å²) in [6.07, 6.45) is 2.83. The minimum absolute atomic E-state index is 0.0437. The van der Waals surface area contributed by atoms with Gasteiger partial charge in [0, 0.05) is 29.8 Å². The topological polar surface area (TPSA) is 75.3 Å². The van der Waals surface area contributed by atoms with Gasteiger partial charge in [0.25, 0.3) is 5.92 Å². The molecule has 0 radical (unpaired) electrons. The molecule has 1 aromatic rings. The number of carbonyl (C=O) groups is 1. The van der Waals surface area contributed by atoms with E-state index >= 15 is 0 Å². The van der Waals surface area contributed by atoms with Crippen molar-refractivity contribution in [2.45, 2.75) is 49.0 Å². The van der Waals surface area contributed by atoms with Gasteiger partial charge in [-0.25, -0.2) is 22.0 Å². The molecule has 0 atom stereocenters. The Bertz CT molecular complexity index is 806. The van der Waals surface area contributed by atoms with Gasteiger partial charge in [0.05, 0.1) is 9.92 Å². The molecule has 0 saturated heterocycles. The van der Waals surface area contributed by atoms with Crippen LogP contribution in [0.25, 0.3) is 0 Å². The summed E-state index contributed by atoms with van der Waals surface area (Å²) in [7, 11) is -3.51. The first-order valence-electron chi connectivity index (χ1n) is 7.97. The van der Waals surface area contributed by atoms with Crippen LogP contribution in [0.3, 0.4) is 0 Å². The number of nitrogens with one attached hydrogen (secondary N) is 2. The maximum Gasteiger partial charge on any atom is 0.319 e. The lowest BCUT2D eigenvalue weighted by atomic mass is 9.83.